The fourth-order valence-electron chi connectivity index (χ4n) is 2.10. The number of likely N-dealkylation sites (N-methyl/N-ethyl adjacent to an activating group) is 1. The molecule has 0 saturated carbocycles. The van der Waals surface area contributed by atoms with Gasteiger partial charge < -0.3 is 15.0 Å². The summed E-state index contributed by atoms with van der Waals surface area (Å²) in [6, 6.07) is 7.90. The molecule has 0 saturated heterocycles. The monoisotopic (exact) mass is 332 g/mol. The van der Waals surface area contributed by atoms with Gasteiger partial charge in [-0.25, -0.2) is 0 Å². The summed E-state index contributed by atoms with van der Waals surface area (Å²) in [4.78, 5) is 14.2. The molecule has 0 aliphatic rings. The Kier molecular flexibility index (Phi) is 6.62. The van der Waals surface area contributed by atoms with Crippen LogP contribution in [0.1, 0.15) is 17.5 Å². The zero-order valence-corrected chi connectivity index (χ0v) is 14.8. The highest BCUT2D eigenvalue weighted by Gasteiger charge is 2.09. The Morgan fingerprint density at radius 2 is 2.13 bits per heavy atom. The van der Waals surface area contributed by atoms with Gasteiger partial charge in [-0.05, 0) is 67.5 Å². The minimum Gasteiger partial charge on any atom is -0.490 e. The summed E-state index contributed by atoms with van der Waals surface area (Å²) in [5.74, 6) is 0.744. The summed E-state index contributed by atoms with van der Waals surface area (Å²) in [7, 11) is 4.01. The molecule has 0 aliphatic carbocycles. The number of carbonyl (C=O) groups is 1. The number of hydrogen-bond acceptors (Lipinski definition) is 4. The smallest absolute Gasteiger partial charge is 0.224 e. The van der Waals surface area contributed by atoms with Crippen molar-refractivity contribution in [3.05, 3.63) is 46.2 Å². The molecule has 0 fully saturated rings. The number of rotatable bonds is 8. The molecule has 2 rings (SSSR count). The predicted molar refractivity (Wildman–Crippen MR) is 96.5 cm³/mol. The van der Waals surface area contributed by atoms with Crippen molar-refractivity contribution < 1.29 is 9.53 Å². The highest BCUT2D eigenvalue weighted by atomic mass is 32.1. The molecule has 0 spiro atoms. The van der Waals surface area contributed by atoms with Crippen LogP contribution in [0.4, 0.5) is 5.69 Å². The lowest BCUT2D eigenvalue weighted by Crippen LogP contribution is -2.20. The molecule has 1 aromatic heterocycles. The number of anilines is 1. The van der Waals surface area contributed by atoms with Crippen LogP contribution in [-0.4, -0.2) is 38.1 Å². The molecule has 2 aromatic rings. The highest BCUT2D eigenvalue weighted by Crippen LogP contribution is 2.26. The summed E-state index contributed by atoms with van der Waals surface area (Å²) in [5, 5.41) is 7.07. The molecule has 124 valence electrons. The minimum absolute atomic E-state index is 0.0116. The average molecular weight is 332 g/mol. The normalized spacial score (nSPS) is 10.8. The lowest BCUT2D eigenvalue weighted by atomic mass is 10.1. The van der Waals surface area contributed by atoms with E-state index in [1.807, 2.05) is 44.6 Å². The van der Waals surface area contributed by atoms with Gasteiger partial charge in [0.15, 0.2) is 0 Å². The van der Waals surface area contributed by atoms with E-state index >= 15 is 0 Å². The van der Waals surface area contributed by atoms with Gasteiger partial charge in [-0.3, -0.25) is 4.79 Å². The lowest BCUT2D eigenvalue weighted by molar-refractivity contribution is -0.116. The molecule has 0 atom stereocenters. The highest BCUT2D eigenvalue weighted by molar-refractivity contribution is 7.07. The van der Waals surface area contributed by atoms with Crippen molar-refractivity contribution >= 4 is 22.9 Å². The maximum absolute atomic E-state index is 12.2. The Morgan fingerprint density at radius 3 is 2.83 bits per heavy atom. The van der Waals surface area contributed by atoms with Crippen molar-refractivity contribution in [2.24, 2.45) is 0 Å². The number of nitrogens with one attached hydrogen (secondary N) is 1. The van der Waals surface area contributed by atoms with Crippen molar-refractivity contribution in [2.45, 2.75) is 19.8 Å². The largest absolute Gasteiger partial charge is 0.490 e. The number of benzene rings is 1. The van der Waals surface area contributed by atoms with Crippen molar-refractivity contribution in [3.63, 3.8) is 0 Å². The van der Waals surface area contributed by atoms with E-state index in [4.69, 9.17) is 4.74 Å². The van der Waals surface area contributed by atoms with Crippen molar-refractivity contribution in [1.82, 2.24) is 4.90 Å². The van der Waals surface area contributed by atoms with E-state index in [-0.39, 0.29) is 5.91 Å². The molecule has 23 heavy (non-hydrogen) atoms. The van der Waals surface area contributed by atoms with Crippen LogP contribution in [0.5, 0.6) is 5.75 Å². The van der Waals surface area contributed by atoms with E-state index in [2.05, 4.69) is 21.7 Å². The Morgan fingerprint density at radius 1 is 1.30 bits per heavy atom. The quantitative estimate of drug-likeness (QED) is 0.803. The number of nitrogens with zero attached hydrogens (tertiary/aromatic N) is 1. The van der Waals surface area contributed by atoms with E-state index in [1.165, 1.54) is 5.56 Å². The molecule has 1 amide bonds. The fraction of sp³-hybridized carbons (Fsp3) is 0.389. The first-order valence-electron chi connectivity index (χ1n) is 7.73. The summed E-state index contributed by atoms with van der Waals surface area (Å²) in [6.07, 6.45) is 1.24. The molecule has 0 radical (unpaired) electrons. The molecular weight excluding hydrogens is 308 g/mol. The number of amides is 1. The Labute approximate surface area is 142 Å². The molecule has 1 aromatic carbocycles. The Balaban J connectivity index is 1.93. The average Bonchev–Trinajstić information content (AvgIpc) is 3.01. The van der Waals surface area contributed by atoms with Crippen molar-refractivity contribution in [3.8, 4) is 5.75 Å². The van der Waals surface area contributed by atoms with Crippen LogP contribution in [0.3, 0.4) is 0 Å². The number of aryl methyl sites for hydroxylation is 2. The van der Waals surface area contributed by atoms with Gasteiger partial charge in [0.1, 0.15) is 12.4 Å². The van der Waals surface area contributed by atoms with E-state index in [1.54, 1.807) is 11.3 Å². The van der Waals surface area contributed by atoms with E-state index in [9.17, 15) is 4.79 Å². The van der Waals surface area contributed by atoms with Crippen LogP contribution in [-0.2, 0) is 11.2 Å². The zero-order chi connectivity index (χ0) is 16.7. The molecule has 5 heteroatoms. The van der Waals surface area contributed by atoms with Crippen LogP contribution >= 0.6 is 11.3 Å². The first-order valence-corrected chi connectivity index (χ1v) is 8.68. The number of ether oxygens (including phenoxy) is 1. The van der Waals surface area contributed by atoms with Crippen LogP contribution in [0.25, 0.3) is 0 Å². The molecule has 0 unspecified atom stereocenters. The van der Waals surface area contributed by atoms with Crippen LogP contribution in [0, 0.1) is 6.92 Å². The van der Waals surface area contributed by atoms with Crippen LogP contribution in [0.2, 0.25) is 0 Å². The maximum atomic E-state index is 12.2. The second-order valence-electron chi connectivity index (χ2n) is 5.83. The van der Waals surface area contributed by atoms with Crippen molar-refractivity contribution in [2.75, 3.05) is 32.6 Å². The summed E-state index contributed by atoms with van der Waals surface area (Å²) >= 11 is 1.65. The third kappa shape index (κ3) is 6.04. The third-order valence-corrected chi connectivity index (χ3v) is 4.16. The predicted octanol–water partition coefficient (Wildman–Crippen LogP) is 3.57. The van der Waals surface area contributed by atoms with Crippen molar-refractivity contribution in [1.29, 1.82) is 0 Å². The summed E-state index contributed by atoms with van der Waals surface area (Å²) < 4.78 is 5.83. The number of thiophene rings is 1. The van der Waals surface area contributed by atoms with Gasteiger partial charge in [-0.2, -0.15) is 11.3 Å². The SMILES string of the molecule is Cc1ccc(NC(=O)CCc2ccsc2)c(OCCN(C)C)c1. The van der Waals surface area contributed by atoms with Gasteiger partial charge in [0.2, 0.25) is 5.91 Å². The third-order valence-electron chi connectivity index (χ3n) is 3.43. The van der Waals surface area contributed by atoms with Gasteiger partial charge >= 0.3 is 0 Å². The first kappa shape index (κ1) is 17.5. The molecular formula is C18H24N2O2S. The maximum Gasteiger partial charge on any atom is 0.224 e. The van der Waals surface area contributed by atoms with Gasteiger partial charge in [0, 0.05) is 13.0 Å². The molecule has 0 bridgehead atoms. The summed E-state index contributed by atoms with van der Waals surface area (Å²) in [6.45, 7) is 3.44. The number of hydrogen-bond donors (Lipinski definition) is 1. The molecule has 4 nitrogen and oxygen atoms in total. The topological polar surface area (TPSA) is 41.6 Å². The second-order valence-corrected chi connectivity index (χ2v) is 6.61. The zero-order valence-electron chi connectivity index (χ0n) is 14.0. The van der Waals surface area contributed by atoms with Gasteiger partial charge in [-0.1, -0.05) is 6.07 Å². The Bertz CT molecular complexity index is 624. The van der Waals surface area contributed by atoms with Crippen LogP contribution < -0.4 is 10.1 Å². The lowest BCUT2D eigenvalue weighted by Gasteiger charge is -2.15. The van der Waals surface area contributed by atoms with Crippen LogP contribution in [0.15, 0.2) is 35.0 Å². The van der Waals surface area contributed by atoms with Gasteiger partial charge in [-0.15, -0.1) is 0 Å². The number of carbonyl (C=O) groups excluding carboxylic acids is 1. The fourth-order valence-corrected chi connectivity index (χ4v) is 2.80. The summed E-state index contributed by atoms with van der Waals surface area (Å²) in [5.41, 5.74) is 3.06. The second kappa shape index (κ2) is 8.70. The van der Waals surface area contributed by atoms with E-state index < -0.39 is 0 Å². The standard InChI is InChI=1S/C18H24N2O2S/c1-14-4-6-16(17(12-14)22-10-9-20(2)3)19-18(21)7-5-15-8-11-23-13-15/h4,6,8,11-13H,5,7,9-10H2,1-3H3,(H,19,21). The molecule has 1 heterocycles. The first-order chi connectivity index (χ1) is 11.0. The van der Waals surface area contributed by atoms with Gasteiger partial charge in [0.25, 0.3) is 0 Å². The van der Waals surface area contributed by atoms with E-state index in [0.29, 0.717) is 13.0 Å². The van der Waals surface area contributed by atoms with Gasteiger partial charge in [0.05, 0.1) is 5.69 Å². The molecule has 1 N–H and O–H groups in total. The van der Waals surface area contributed by atoms with E-state index in [0.717, 1.165) is 30.0 Å². The Hall–Kier alpha value is -1.85. The minimum atomic E-state index is 0.0116. The molecule has 0 aliphatic heterocycles.